The van der Waals surface area contributed by atoms with Gasteiger partial charge in [-0.15, -0.1) is 0 Å². The maximum atomic E-state index is 7.01. The Morgan fingerprint density at radius 1 is 0.353 bits per heavy atom. The van der Waals surface area contributed by atoms with Crippen LogP contribution in [-0.4, -0.2) is 14.1 Å². The molecule has 1 aliphatic rings. The molecule has 9 aromatic carbocycles. The van der Waals surface area contributed by atoms with Gasteiger partial charge in [0.05, 0.1) is 27.8 Å². The molecule has 5 nitrogen and oxygen atoms in total. The van der Waals surface area contributed by atoms with Crippen LogP contribution in [0.2, 0.25) is 0 Å². The number of benzene rings is 9. The van der Waals surface area contributed by atoms with Gasteiger partial charge in [-0.05, 0) is 154 Å². The van der Waals surface area contributed by atoms with Crippen LogP contribution in [0.5, 0.6) is 11.5 Å². The van der Waals surface area contributed by atoms with Crippen LogP contribution < -0.4 is 9.64 Å². The minimum absolute atomic E-state index is 0.0283. The summed E-state index contributed by atoms with van der Waals surface area (Å²) in [7, 11) is 0. The molecular weight excluding hydrogens is 1030 g/mol. The van der Waals surface area contributed by atoms with Crippen LogP contribution in [0.15, 0.2) is 200 Å². The number of nitrogens with zero attached hydrogens (tertiary/aromatic N) is 4. The lowest BCUT2D eigenvalue weighted by Gasteiger charge is -2.27. The van der Waals surface area contributed by atoms with Crippen molar-refractivity contribution < 1.29 is 4.74 Å². The lowest BCUT2D eigenvalue weighted by Crippen LogP contribution is -2.16. The molecule has 0 amide bonds. The molecule has 4 heterocycles. The van der Waals surface area contributed by atoms with E-state index in [0.717, 1.165) is 45.1 Å². The number of para-hydroxylation sites is 3. The Morgan fingerprint density at radius 2 is 0.871 bits per heavy atom. The Balaban J connectivity index is 1.04. The molecule has 1 aliphatic heterocycles. The van der Waals surface area contributed by atoms with Gasteiger partial charge in [0.15, 0.2) is 0 Å². The molecule has 0 saturated heterocycles. The van der Waals surface area contributed by atoms with Crippen LogP contribution in [-0.2, 0) is 33.7 Å². The molecule has 0 unspecified atom stereocenters. The molecule has 426 valence electrons. The summed E-state index contributed by atoms with van der Waals surface area (Å²) in [6.07, 6.45) is 1.94. The second kappa shape index (κ2) is 20.0. The summed E-state index contributed by atoms with van der Waals surface area (Å²) >= 11 is 0. The van der Waals surface area contributed by atoms with Crippen LogP contribution in [0.25, 0.3) is 93.2 Å². The Morgan fingerprint density at radius 3 is 1.55 bits per heavy atom. The van der Waals surface area contributed by atoms with E-state index in [9.17, 15) is 0 Å². The van der Waals surface area contributed by atoms with Gasteiger partial charge in [-0.25, -0.2) is 4.98 Å². The summed E-state index contributed by atoms with van der Waals surface area (Å²) in [6, 6.07) is 73.1. The normalized spacial score (nSPS) is 13.3. The second-order valence-corrected chi connectivity index (χ2v) is 29.1. The van der Waals surface area contributed by atoms with Crippen molar-refractivity contribution in [3.8, 4) is 39.6 Å². The van der Waals surface area contributed by atoms with Gasteiger partial charge in [0.25, 0.3) is 0 Å². The second-order valence-electron chi connectivity index (χ2n) is 29.1. The van der Waals surface area contributed by atoms with Gasteiger partial charge in [0.2, 0.25) is 0 Å². The molecule has 3 aromatic heterocycles. The van der Waals surface area contributed by atoms with Crippen LogP contribution in [0, 0.1) is 0 Å². The maximum Gasteiger partial charge on any atom is 0.137 e. The highest BCUT2D eigenvalue weighted by molar-refractivity contribution is 6.22. The zero-order valence-electron chi connectivity index (χ0n) is 52.5. The first-order valence-corrected chi connectivity index (χ1v) is 30.4. The van der Waals surface area contributed by atoms with E-state index >= 15 is 0 Å². The maximum absolute atomic E-state index is 7.01. The van der Waals surface area contributed by atoms with E-state index in [1.54, 1.807) is 0 Å². The molecule has 0 atom stereocenters. The van der Waals surface area contributed by atoms with Crippen molar-refractivity contribution in [1.29, 1.82) is 0 Å². The first-order valence-electron chi connectivity index (χ1n) is 30.4. The van der Waals surface area contributed by atoms with Crippen LogP contribution >= 0.6 is 0 Å². The number of pyridine rings is 1. The van der Waals surface area contributed by atoms with Crippen molar-refractivity contribution in [3.05, 3.63) is 228 Å². The minimum Gasteiger partial charge on any atom is -0.457 e. The third kappa shape index (κ3) is 9.99. The number of hydrogen-bond donors (Lipinski definition) is 0. The topological polar surface area (TPSA) is 35.2 Å². The minimum atomic E-state index is -0.129. The third-order valence-corrected chi connectivity index (χ3v) is 17.8. The molecule has 0 fully saturated rings. The molecular formula is C80H80N4O. The highest BCUT2D eigenvalue weighted by atomic mass is 16.5. The highest BCUT2D eigenvalue weighted by Gasteiger charge is 2.29. The smallest absolute Gasteiger partial charge is 0.137 e. The van der Waals surface area contributed by atoms with E-state index in [4.69, 9.17) is 9.72 Å². The van der Waals surface area contributed by atoms with Gasteiger partial charge in [0, 0.05) is 51.1 Å². The molecule has 0 spiro atoms. The van der Waals surface area contributed by atoms with Crippen LogP contribution in [0.4, 0.5) is 11.4 Å². The molecule has 5 heteroatoms. The Bertz CT molecular complexity index is 4710. The number of anilines is 2. The summed E-state index contributed by atoms with van der Waals surface area (Å²) < 4.78 is 11.9. The van der Waals surface area contributed by atoms with Gasteiger partial charge in [-0.1, -0.05) is 225 Å². The lowest BCUT2D eigenvalue weighted by atomic mass is 9.78. The molecule has 0 bridgehead atoms. The zero-order chi connectivity index (χ0) is 59.7. The van der Waals surface area contributed by atoms with E-state index in [0.29, 0.717) is 6.67 Å². The Hall–Kier alpha value is -8.67. The van der Waals surface area contributed by atoms with Crippen molar-refractivity contribution in [2.24, 2.45) is 0 Å². The van der Waals surface area contributed by atoms with Gasteiger partial charge in [-0.3, -0.25) is 4.57 Å². The Labute approximate surface area is 502 Å². The highest BCUT2D eigenvalue weighted by Crippen LogP contribution is 2.47. The number of hydrogen-bond acceptors (Lipinski definition) is 3. The molecule has 85 heavy (non-hydrogen) atoms. The predicted molar refractivity (Wildman–Crippen MR) is 364 cm³/mol. The molecule has 0 aliphatic carbocycles. The predicted octanol–water partition coefficient (Wildman–Crippen LogP) is 22.4. The van der Waals surface area contributed by atoms with Gasteiger partial charge >= 0.3 is 0 Å². The zero-order valence-corrected chi connectivity index (χ0v) is 52.5. The molecule has 0 N–H and O–H groups in total. The van der Waals surface area contributed by atoms with E-state index in [2.05, 4.69) is 312 Å². The fourth-order valence-electron chi connectivity index (χ4n) is 12.8. The summed E-state index contributed by atoms with van der Waals surface area (Å²) in [4.78, 5) is 7.45. The lowest BCUT2D eigenvalue weighted by molar-refractivity contribution is 0.483. The summed E-state index contributed by atoms with van der Waals surface area (Å²) in [6.45, 7) is 35.3. The summed E-state index contributed by atoms with van der Waals surface area (Å²) in [5.74, 6) is 2.41. The SMILES string of the molecule is CC(C)(C)c1cc(-c2cc(C(C)(C)C)cc(C(C)(C)C)c2)cc(-c2cccc3c4ccccc4c4cc(C(C)(C)C)ccc4c4cccc5c4n(c23)CN5c2cccc(Oc3ccc4c5ccccc5n(-c5cc(C(C)(C)C)ccn5)c4c3)c2)c1. The van der Waals surface area contributed by atoms with Crippen LogP contribution in [0.1, 0.15) is 132 Å². The quantitative estimate of drug-likeness (QED) is 0.166. The van der Waals surface area contributed by atoms with Crippen molar-refractivity contribution in [3.63, 3.8) is 0 Å². The van der Waals surface area contributed by atoms with Crippen LogP contribution in [0.3, 0.4) is 0 Å². The average molecular weight is 1110 g/mol. The Kier molecular flexibility index (Phi) is 13.0. The molecule has 13 rings (SSSR count). The fourth-order valence-corrected chi connectivity index (χ4v) is 12.8. The number of aromatic nitrogens is 3. The average Bonchev–Trinajstić information content (AvgIpc) is 2.84. The first-order chi connectivity index (χ1) is 40.3. The molecule has 12 aromatic rings. The van der Waals surface area contributed by atoms with Crippen molar-refractivity contribution >= 4 is 76.5 Å². The first kappa shape index (κ1) is 55.5. The standard InChI is InChI=1S/C80H80N4O/c1-76(2,3)53-33-35-64-68-30-22-32-71-75(68)83(49-82(71)58-23-20-24-59(47-58)85-60-34-36-66-65-27-18-19-31-70(65)84(72(66)48-60)73-46-54(37-38-81-73)77(4,5)6)74-61(28-21-29-67(74)62-25-16-17-26-63(62)69(64)45-53)52-39-50(40-55(43-52)78(7,8)9)51-41-56(79(10,11)12)44-57(42-51)80(13,14)15/h16-48H,49H2,1-15H3. The van der Waals surface area contributed by atoms with Gasteiger partial charge in [0.1, 0.15) is 24.0 Å². The monoisotopic (exact) mass is 1110 g/mol. The number of rotatable bonds is 6. The van der Waals surface area contributed by atoms with Gasteiger partial charge < -0.3 is 14.2 Å². The largest absolute Gasteiger partial charge is 0.457 e. The number of ether oxygens (including phenoxy) is 1. The van der Waals surface area contributed by atoms with E-state index in [-0.39, 0.29) is 27.1 Å². The van der Waals surface area contributed by atoms with E-state index in [1.807, 2.05) is 6.20 Å². The molecule has 0 saturated carbocycles. The fraction of sp³-hybridized carbons (Fsp3) is 0.263. The van der Waals surface area contributed by atoms with E-state index < -0.39 is 0 Å². The van der Waals surface area contributed by atoms with Crippen molar-refractivity contribution in [2.45, 2.75) is 138 Å². The molecule has 0 radical (unpaired) electrons. The van der Waals surface area contributed by atoms with Crippen molar-refractivity contribution in [1.82, 2.24) is 14.1 Å². The van der Waals surface area contributed by atoms with Crippen molar-refractivity contribution in [2.75, 3.05) is 4.90 Å². The number of fused-ring (bicyclic) bond motifs is 10. The van der Waals surface area contributed by atoms with Gasteiger partial charge in [-0.2, -0.15) is 0 Å². The summed E-state index contributed by atoms with van der Waals surface area (Å²) in [5.41, 5.74) is 17.8. The van der Waals surface area contributed by atoms with E-state index in [1.165, 1.54) is 98.8 Å². The summed E-state index contributed by atoms with van der Waals surface area (Å²) in [5, 5.41) is 9.63. The third-order valence-electron chi connectivity index (χ3n) is 17.8.